The Kier molecular flexibility index (Phi) is 6.05. The number of nitrogens with zero attached hydrogens (tertiary/aromatic N) is 1. The van der Waals surface area contributed by atoms with E-state index in [-0.39, 0.29) is 18.5 Å². The maximum Gasteiger partial charge on any atom is 0.242 e. The number of anilines is 1. The maximum absolute atomic E-state index is 12.5. The van der Waals surface area contributed by atoms with Gasteiger partial charge in [-0.05, 0) is 44.0 Å². The summed E-state index contributed by atoms with van der Waals surface area (Å²) >= 11 is 6.11. The molecule has 0 aliphatic heterocycles. The number of amides is 1. The van der Waals surface area contributed by atoms with Gasteiger partial charge in [0.1, 0.15) is 0 Å². The molecule has 0 saturated heterocycles. The van der Waals surface area contributed by atoms with Crippen molar-refractivity contribution in [3.63, 3.8) is 0 Å². The van der Waals surface area contributed by atoms with Gasteiger partial charge < -0.3 is 10.2 Å². The number of halogens is 1. The molecule has 0 bridgehead atoms. The van der Waals surface area contributed by atoms with Crippen LogP contribution in [0.1, 0.15) is 25.0 Å². The lowest BCUT2D eigenvalue weighted by Crippen LogP contribution is -2.39. The van der Waals surface area contributed by atoms with Crippen molar-refractivity contribution >= 4 is 23.2 Å². The van der Waals surface area contributed by atoms with Crippen molar-refractivity contribution in [1.29, 1.82) is 0 Å². The molecule has 0 heterocycles. The van der Waals surface area contributed by atoms with E-state index in [0.717, 1.165) is 16.8 Å². The fourth-order valence-electron chi connectivity index (χ4n) is 2.32. The first-order valence-corrected chi connectivity index (χ1v) is 8.18. The number of benzene rings is 2. The summed E-state index contributed by atoms with van der Waals surface area (Å²) in [7, 11) is 0. The van der Waals surface area contributed by atoms with Crippen molar-refractivity contribution in [2.24, 2.45) is 0 Å². The molecule has 1 amide bonds. The van der Waals surface area contributed by atoms with E-state index in [1.165, 1.54) is 0 Å². The Labute approximate surface area is 143 Å². The minimum atomic E-state index is 0.0700. The van der Waals surface area contributed by atoms with Crippen molar-refractivity contribution in [2.45, 2.75) is 33.4 Å². The van der Waals surface area contributed by atoms with Crippen LogP contribution in [-0.4, -0.2) is 23.4 Å². The Bertz CT molecular complexity index is 656. The van der Waals surface area contributed by atoms with E-state index in [4.69, 9.17) is 11.6 Å². The van der Waals surface area contributed by atoms with Crippen LogP contribution in [0.2, 0.25) is 5.02 Å². The molecule has 0 aromatic heterocycles. The first-order chi connectivity index (χ1) is 11.0. The van der Waals surface area contributed by atoms with Crippen molar-refractivity contribution in [3.05, 3.63) is 64.7 Å². The van der Waals surface area contributed by atoms with E-state index in [0.29, 0.717) is 11.6 Å². The van der Waals surface area contributed by atoms with Gasteiger partial charge in [-0.15, -0.1) is 0 Å². The van der Waals surface area contributed by atoms with Crippen LogP contribution in [0.3, 0.4) is 0 Å². The topological polar surface area (TPSA) is 32.3 Å². The summed E-state index contributed by atoms with van der Waals surface area (Å²) in [5.41, 5.74) is 3.02. The van der Waals surface area contributed by atoms with E-state index >= 15 is 0 Å². The predicted molar refractivity (Wildman–Crippen MR) is 96.8 cm³/mol. The monoisotopic (exact) mass is 330 g/mol. The van der Waals surface area contributed by atoms with Gasteiger partial charge >= 0.3 is 0 Å². The smallest absolute Gasteiger partial charge is 0.242 e. The molecule has 0 aliphatic carbocycles. The third-order valence-corrected chi connectivity index (χ3v) is 4.16. The molecule has 23 heavy (non-hydrogen) atoms. The standard InChI is InChI=1S/C19H23ClN2O/c1-14(2)22(13-16-7-5-4-6-8-16)19(23)12-21-17-10-9-15(3)18(20)11-17/h4-11,14,21H,12-13H2,1-3H3. The summed E-state index contributed by atoms with van der Waals surface area (Å²) in [5.74, 6) is 0.0700. The van der Waals surface area contributed by atoms with Crippen LogP contribution in [0, 0.1) is 6.92 Å². The van der Waals surface area contributed by atoms with E-state index in [9.17, 15) is 4.79 Å². The number of nitrogens with one attached hydrogen (secondary N) is 1. The molecule has 0 fully saturated rings. The number of carbonyl (C=O) groups is 1. The normalized spacial score (nSPS) is 10.7. The molecule has 0 unspecified atom stereocenters. The lowest BCUT2D eigenvalue weighted by molar-refractivity contribution is -0.131. The molecular weight excluding hydrogens is 308 g/mol. The Balaban J connectivity index is 1.99. The average Bonchev–Trinajstić information content (AvgIpc) is 2.54. The molecule has 0 radical (unpaired) electrons. The summed E-state index contributed by atoms with van der Waals surface area (Å²) in [6.45, 7) is 6.89. The first kappa shape index (κ1) is 17.4. The zero-order chi connectivity index (χ0) is 16.8. The van der Waals surface area contributed by atoms with Crippen LogP contribution in [0.4, 0.5) is 5.69 Å². The zero-order valence-electron chi connectivity index (χ0n) is 13.8. The molecule has 2 aromatic rings. The summed E-state index contributed by atoms with van der Waals surface area (Å²) in [6, 6.07) is 15.9. The molecule has 0 saturated carbocycles. The number of hydrogen-bond acceptors (Lipinski definition) is 2. The molecule has 2 rings (SSSR count). The Morgan fingerprint density at radius 2 is 1.87 bits per heavy atom. The van der Waals surface area contributed by atoms with Crippen LogP contribution in [-0.2, 0) is 11.3 Å². The van der Waals surface area contributed by atoms with Crippen molar-refractivity contribution < 1.29 is 4.79 Å². The molecule has 0 spiro atoms. The predicted octanol–water partition coefficient (Wildman–Crippen LogP) is 4.50. The van der Waals surface area contributed by atoms with Gasteiger partial charge in [-0.3, -0.25) is 4.79 Å². The lowest BCUT2D eigenvalue weighted by Gasteiger charge is -2.27. The second kappa shape index (κ2) is 8.02. The summed E-state index contributed by atoms with van der Waals surface area (Å²) in [4.78, 5) is 14.4. The zero-order valence-corrected chi connectivity index (χ0v) is 14.6. The van der Waals surface area contributed by atoms with Gasteiger partial charge in [0.15, 0.2) is 0 Å². The quantitative estimate of drug-likeness (QED) is 0.846. The van der Waals surface area contributed by atoms with Crippen LogP contribution < -0.4 is 5.32 Å². The molecular formula is C19H23ClN2O. The summed E-state index contributed by atoms with van der Waals surface area (Å²) in [6.07, 6.45) is 0. The van der Waals surface area contributed by atoms with Gasteiger partial charge in [-0.1, -0.05) is 48.0 Å². The highest BCUT2D eigenvalue weighted by atomic mass is 35.5. The molecule has 4 heteroatoms. The highest BCUT2D eigenvalue weighted by Crippen LogP contribution is 2.20. The molecule has 2 aromatic carbocycles. The van der Waals surface area contributed by atoms with Crippen LogP contribution >= 0.6 is 11.6 Å². The Hall–Kier alpha value is -2.00. The number of hydrogen-bond donors (Lipinski definition) is 1. The van der Waals surface area contributed by atoms with E-state index in [1.54, 1.807) is 0 Å². The second-order valence-electron chi connectivity index (χ2n) is 5.92. The van der Waals surface area contributed by atoms with Gasteiger partial charge in [0.25, 0.3) is 0 Å². The third-order valence-electron chi connectivity index (χ3n) is 3.76. The summed E-state index contributed by atoms with van der Waals surface area (Å²) < 4.78 is 0. The fraction of sp³-hybridized carbons (Fsp3) is 0.316. The fourth-order valence-corrected chi connectivity index (χ4v) is 2.50. The minimum Gasteiger partial charge on any atom is -0.376 e. The first-order valence-electron chi connectivity index (χ1n) is 7.81. The number of rotatable bonds is 6. The number of aryl methyl sites for hydroxylation is 1. The molecule has 3 nitrogen and oxygen atoms in total. The van der Waals surface area contributed by atoms with Crippen LogP contribution in [0.15, 0.2) is 48.5 Å². The Morgan fingerprint density at radius 1 is 1.17 bits per heavy atom. The van der Waals surface area contributed by atoms with E-state index in [2.05, 4.69) is 5.32 Å². The maximum atomic E-state index is 12.5. The van der Waals surface area contributed by atoms with Crippen LogP contribution in [0.25, 0.3) is 0 Å². The van der Waals surface area contributed by atoms with Gasteiger partial charge in [0.05, 0.1) is 6.54 Å². The van der Waals surface area contributed by atoms with E-state index in [1.807, 2.05) is 74.2 Å². The third kappa shape index (κ3) is 5.00. The largest absolute Gasteiger partial charge is 0.376 e. The van der Waals surface area contributed by atoms with Gasteiger partial charge in [-0.2, -0.15) is 0 Å². The highest BCUT2D eigenvalue weighted by Gasteiger charge is 2.17. The second-order valence-corrected chi connectivity index (χ2v) is 6.33. The van der Waals surface area contributed by atoms with Crippen molar-refractivity contribution in [2.75, 3.05) is 11.9 Å². The molecule has 0 atom stereocenters. The van der Waals surface area contributed by atoms with Gasteiger partial charge in [-0.25, -0.2) is 0 Å². The average molecular weight is 331 g/mol. The van der Waals surface area contributed by atoms with Crippen LogP contribution in [0.5, 0.6) is 0 Å². The highest BCUT2D eigenvalue weighted by molar-refractivity contribution is 6.31. The molecule has 1 N–H and O–H groups in total. The van der Waals surface area contributed by atoms with Crippen molar-refractivity contribution in [1.82, 2.24) is 4.90 Å². The molecule has 0 aliphatic rings. The van der Waals surface area contributed by atoms with Gasteiger partial charge in [0, 0.05) is 23.3 Å². The Morgan fingerprint density at radius 3 is 2.48 bits per heavy atom. The lowest BCUT2D eigenvalue weighted by atomic mass is 10.2. The number of carbonyl (C=O) groups excluding carboxylic acids is 1. The molecule has 122 valence electrons. The van der Waals surface area contributed by atoms with Gasteiger partial charge in [0.2, 0.25) is 5.91 Å². The SMILES string of the molecule is Cc1ccc(NCC(=O)N(Cc2ccccc2)C(C)C)cc1Cl. The summed E-state index contributed by atoms with van der Waals surface area (Å²) in [5, 5.41) is 3.86. The minimum absolute atomic E-state index is 0.0700. The van der Waals surface area contributed by atoms with E-state index < -0.39 is 0 Å². The van der Waals surface area contributed by atoms with Crippen molar-refractivity contribution in [3.8, 4) is 0 Å².